The summed E-state index contributed by atoms with van der Waals surface area (Å²) in [6.07, 6.45) is 0.771. The zero-order valence-corrected chi connectivity index (χ0v) is 19.3. The Bertz CT molecular complexity index is 1100. The highest BCUT2D eigenvalue weighted by molar-refractivity contribution is 7.18. The first-order valence-electron chi connectivity index (χ1n) is 10.9. The normalized spacial score (nSPS) is 24.2. The van der Waals surface area contributed by atoms with Crippen LogP contribution < -0.4 is 14.5 Å². The van der Waals surface area contributed by atoms with E-state index in [1.807, 2.05) is 0 Å². The van der Waals surface area contributed by atoms with Crippen molar-refractivity contribution in [3.05, 3.63) is 39.5 Å². The van der Waals surface area contributed by atoms with Crippen LogP contribution in [0.4, 0.5) is 16.2 Å². The van der Waals surface area contributed by atoms with Crippen LogP contribution in [0, 0.1) is 5.92 Å². The fourth-order valence-corrected chi connectivity index (χ4v) is 5.63. The molecule has 3 atom stereocenters. The number of carbonyl (C=O) groups excluding carboxylic acids is 3. The van der Waals surface area contributed by atoms with E-state index < -0.39 is 12.2 Å². The zero-order valence-electron chi connectivity index (χ0n) is 17.7. The van der Waals surface area contributed by atoms with Crippen molar-refractivity contribution in [2.24, 2.45) is 5.92 Å². The molecular formula is C23H23ClN2O6S. The molecule has 5 rings (SSSR count). The Labute approximate surface area is 199 Å². The lowest BCUT2D eigenvalue weighted by Gasteiger charge is -2.34. The second kappa shape index (κ2) is 8.96. The van der Waals surface area contributed by atoms with Crippen LogP contribution in [0.15, 0.2) is 30.3 Å². The number of nitrogens with zero attached hydrogens (tertiary/aromatic N) is 2. The molecule has 10 heteroatoms. The van der Waals surface area contributed by atoms with Gasteiger partial charge in [0.2, 0.25) is 5.91 Å². The van der Waals surface area contributed by atoms with Crippen molar-refractivity contribution in [2.45, 2.75) is 37.8 Å². The monoisotopic (exact) mass is 490 g/mol. The van der Waals surface area contributed by atoms with Crippen LogP contribution in [0.3, 0.4) is 0 Å². The van der Waals surface area contributed by atoms with Crippen molar-refractivity contribution in [1.29, 1.82) is 0 Å². The Balaban J connectivity index is 1.28. The Morgan fingerprint density at radius 2 is 2.09 bits per heavy atom. The Morgan fingerprint density at radius 1 is 1.24 bits per heavy atom. The molecule has 0 unspecified atom stereocenters. The third kappa shape index (κ3) is 4.20. The fourth-order valence-electron chi connectivity index (χ4n) is 4.62. The summed E-state index contributed by atoms with van der Waals surface area (Å²) >= 11 is 7.15. The number of halogens is 1. The molecule has 0 radical (unpaired) electrons. The lowest BCUT2D eigenvalue weighted by molar-refractivity contribution is -0.121. The van der Waals surface area contributed by atoms with Crippen LogP contribution in [-0.4, -0.2) is 54.8 Å². The van der Waals surface area contributed by atoms with E-state index in [1.54, 1.807) is 40.1 Å². The first kappa shape index (κ1) is 22.2. The van der Waals surface area contributed by atoms with Gasteiger partial charge in [-0.15, -0.1) is 11.3 Å². The van der Waals surface area contributed by atoms with Gasteiger partial charge in [0.05, 0.1) is 14.9 Å². The van der Waals surface area contributed by atoms with Gasteiger partial charge in [-0.2, -0.15) is 0 Å². The Morgan fingerprint density at radius 3 is 2.82 bits per heavy atom. The number of cyclic esters (lactones) is 1. The minimum absolute atomic E-state index is 0.00312. The Hall–Kier alpha value is -2.62. The van der Waals surface area contributed by atoms with Crippen LogP contribution in [0.25, 0.3) is 0 Å². The van der Waals surface area contributed by atoms with Crippen LogP contribution in [-0.2, 0) is 9.53 Å². The van der Waals surface area contributed by atoms with Crippen molar-refractivity contribution in [3.63, 3.8) is 0 Å². The van der Waals surface area contributed by atoms with Crippen molar-refractivity contribution < 1.29 is 29.0 Å². The number of hydrogen-bond donors (Lipinski definition) is 1. The number of anilines is 2. The molecule has 1 aromatic heterocycles. The summed E-state index contributed by atoms with van der Waals surface area (Å²) in [5.74, 6) is 0.454. The van der Waals surface area contributed by atoms with Gasteiger partial charge < -0.3 is 19.5 Å². The van der Waals surface area contributed by atoms with E-state index in [1.165, 1.54) is 11.3 Å². The first-order chi connectivity index (χ1) is 15.9. The van der Waals surface area contributed by atoms with Crippen molar-refractivity contribution >= 4 is 52.1 Å². The van der Waals surface area contributed by atoms with Crippen molar-refractivity contribution in [1.82, 2.24) is 0 Å². The number of hydrogen-bond acceptors (Lipinski definition) is 7. The number of benzene rings is 1. The third-order valence-corrected chi connectivity index (χ3v) is 7.69. The molecule has 0 spiro atoms. The molecule has 33 heavy (non-hydrogen) atoms. The molecule has 174 valence electrons. The maximum Gasteiger partial charge on any atom is 0.415 e. The molecule has 8 nitrogen and oxygen atoms in total. The second-order valence-electron chi connectivity index (χ2n) is 8.47. The highest BCUT2D eigenvalue weighted by Gasteiger charge is 2.46. The van der Waals surface area contributed by atoms with Gasteiger partial charge in [-0.1, -0.05) is 11.6 Å². The highest BCUT2D eigenvalue weighted by atomic mass is 35.5. The van der Waals surface area contributed by atoms with E-state index in [0.29, 0.717) is 45.7 Å². The Kier molecular flexibility index (Phi) is 6.03. The molecule has 1 N–H and O–H groups in total. The minimum atomic E-state index is -0.464. The first-order valence-corrected chi connectivity index (χ1v) is 12.1. The SMILES string of the molecule is O=C(CC[C@@H]1OC(=O)N2c3ccc(N4CC[C@@H](CO)CC4=O)cc3OC[C@@H]12)c1ccc(Cl)s1. The molecular weight excluding hydrogens is 468 g/mol. The standard InChI is InChI=1S/C23H23ClN2O6S/c24-21-6-5-20(33-21)17(28)3-4-18-16-12-31-19-10-14(1-2-15(19)26(16)23(30)32-18)25-8-7-13(11-27)9-22(25)29/h1-2,5-6,10,13,16,18,27H,3-4,7-9,11-12H2/t13-,16+,18+/m1/s1. The lowest BCUT2D eigenvalue weighted by Crippen LogP contribution is -2.44. The van der Waals surface area contributed by atoms with Gasteiger partial charge in [-0.25, -0.2) is 4.79 Å². The number of Topliss-reactive ketones (excluding diaryl/α,β-unsaturated/α-hetero) is 1. The summed E-state index contributed by atoms with van der Waals surface area (Å²) in [6, 6.07) is 8.42. The highest BCUT2D eigenvalue weighted by Crippen LogP contribution is 2.42. The molecule has 2 fully saturated rings. The molecule has 0 saturated carbocycles. The van der Waals surface area contributed by atoms with Crippen molar-refractivity contribution in [2.75, 3.05) is 29.6 Å². The van der Waals surface area contributed by atoms with E-state index in [-0.39, 0.29) is 43.3 Å². The minimum Gasteiger partial charge on any atom is -0.489 e. The van der Waals surface area contributed by atoms with Crippen LogP contribution in [0.2, 0.25) is 4.34 Å². The topological polar surface area (TPSA) is 96.4 Å². The van der Waals surface area contributed by atoms with Gasteiger partial charge >= 0.3 is 6.09 Å². The van der Waals surface area contributed by atoms with Crippen LogP contribution in [0.1, 0.15) is 35.4 Å². The summed E-state index contributed by atoms with van der Waals surface area (Å²) < 4.78 is 12.1. The number of carbonyl (C=O) groups is 3. The molecule has 2 amide bonds. The number of rotatable bonds is 6. The zero-order chi connectivity index (χ0) is 23.1. The number of aliphatic hydroxyl groups is 1. The second-order valence-corrected chi connectivity index (χ2v) is 10.2. The van der Waals surface area contributed by atoms with Gasteiger partial charge in [0.1, 0.15) is 24.5 Å². The summed E-state index contributed by atoms with van der Waals surface area (Å²) in [6.45, 7) is 0.786. The molecule has 4 heterocycles. The lowest BCUT2D eigenvalue weighted by atomic mass is 9.96. The molecule has 3 aliphatic heterocycles. The summed E-state index contributed by atoms with van der Waals surface area (Å²) in [5.41, 5.74) is 1.30. The third-order valence-electron chi connectivity index (χ3n) is 6.42. The quantitative estimate of drug-likeness (QED) is 0.617. The molecule has 2 aromatic rings. The summed E-state index contributed by atoms with van der Waals surface area (Å²) in [4.78, 5) is 41.5. The van der Waals surface area contributed by atoms with Crippen LogP contribution >= 0.6 is 22.9 Å². The molecule has 1 aromatic carbocycles. The smallest absolute Gasteiger partial charge is 0.415 e. The van der Waals surface area contributed by atoms with E-state index in [0.717, 1.165) is 6.42 Å². The number of fused-ring (bicyclic) bond motifs is 3. The number of ether oxygens (including phenoxy) is 2. The number of thiophene rings is 1. The predicted molar refractivity (Wildman–Crippen MR) is 124 cm³/mol. The molecule has 0 bridgehead atoms. The molecule has 0 aliphatic carbocycles. The van der Waals surface area contributed by atoms with Gasteiger partial charge in [0.25, 0.3) is 0 Å². The van der Waals surface area contributed by atoms with Crippen molar-refractivity contribution in [3.8, 4) is 5.75 Å². The van der Waals surface area contributed by atoms with Crippen LogP contribution in [0.5, 0.6) is 5.75 Å². The largest absolute Gasteiger partial charge is 0.489 e. The van der Waals surface area contributed by atoms with E-state index in [9.17, 15) is 19.5 Å². The van der Waals surface area contributed by atoms with E-state index >= 15 is 0 Å². The van der Waals surface area contributed by atoms with Gasteiger partial charge in [0.15, 0.2) is 5.78 Å². The molecule has 2 saturated heterocycles. The maximum atomic E-state index is 12.7. The number of piperidine rings is 1. The van der Waals surface area contributed by atoms with E-state index in [4.69, 9.17) is 21.1 Å². The maximum absolute atomic E-state index is 12.7. The van der Waals surface area contributed by atoms with Gasteiger partial charge in [-0.05, 0) is 43.0 Å². The average Bonchev–Trinajstić information content (AvgIpc) is 3.40. The predicted octanol–water partition coefficient (Wildman–Crippen LogP) is 3.89. The number of aliphatic hydroxyl groups excluding tert-OH is 1. The average molecular weight is 491 g/mol. The fraction of sp³-hybridized carbons (Fsp3) is 0.435. The number of amides is 2. The molecule has 3 aliphatic rings. The van der Waals surface area contributed by atoms with Gasteiger partial charge in [-0.3, -0.25) is 14.5 Å². The summed E-state index contributed by atoms with van der Waals surface area (Å²) in [5, 5.41) is 9.32. The number of ketones is 1. The van der Waals surface area contributed by atoms with Gasteiger partial charge in [0, 0.05) is 37.7 Å². The van der Waals surface area contributed by atoms with E-state index in [2.05, 4.69) is 0 Å². The summed E-state index contributed by atoms with van der Waals surface area (Å²) in [7, 11) is 0.